The van der Waals surface area contributed by atoms with Gasteiger partial charge in [0.05, 0.1) is 0 Å². The highest BCUT2D eigenvalue weighted by atomic mass is 14.9. The van der Waals surface area contributed by atoms with E-state index in [-0.39, 0.29) is 0 Å². The molecule has 3 aromatic heterocycles. The van der Waals surface area contributed by atoms with Gasteiger partial charge in [-0.2, -0.15) is 0 Å². The van der Waals surface area contributed by atoms with Crippen molar-refractivity contribution in [1.82, 2.24) is 0 Å². The molecule has 4 heterocycles. The number of nitrogens with zero attached hydrogens (tertiary/aromatic N) is 2. The molecular weight excluding hydrogens is 579 g/mol. The fraction of sp³-hybridized carbons (Fsp3) is 0. The summed E-state index contributed by atoms with van der Waals surface area (Å²) in [6, 6.07) is 63.7. The summed E-state index contributed by atoms with van der Waals surface area (Å²) in [4.78, 5) is 0. The number of hydrogen-bond acceptors (Lipinski definition) is 0. The van der Waals surface area contributed by atoms with Crippen LogP contribution in [0.15, 0.2) is 195 Å². The lowest BCUT2D eigenvalue weighted by molar-refractivity contribution is -0.538. The molecule has 8 aromatic rings. The second kappa shape index (κ2) is 11.6. The summed E-state index contributed by atoms with van der Waals surface area (Å²) < 4.78 is 4.79. The van der Waals surface area contributed by atoms with Gasteiger partial charge in [-0.05, 0) is 35.4 Å². The van der Waals surface area contributed by atoms with Gasteiger partial charge in [0, 0.05) is 17.2 Å². The number of benzene rings is 5. The van der Waals surface area contributed by atoms with E-state index < -0.39 is 6.28 Å². The van der Waals surface area contributed by atoms with Crippen LogP contribution in [0, 0.1) is 0 Å². The first-order valence-electron chi connectivity index (χ1n) is 16.7. The molecule has 48 heavy (non-hydrogen) atoms. The van der Waals surface area contributed by atoms with E-state index in [0.717, 1.165) is 0 Å². The van der Waals surface area contributed by atoms with Crippen molar-refractivity contribution in [2.75, 3.05) is 0 Å². The molecule has 2 nitrogen and oxygen atoms in total. The molecule has 0 unspecified atom stereocenters. The second-order valence-corrected chi connectivity index (χ2v) is 12.8. The minimum atomic E-state index is -1.51. The molecule has 1 aliphatic heterocycles. The molecule has 3 heteroatoms. The Kier molecular flexibility index (Phi) is 6.76. The Balaban J connectivity index is 1.18. The average molecular weight is 613 g/mol. The summed E-state index contributed by atoms with van der Waals surface area (Å²) in [6.45, 7) is 0. The molecule has 0 amide bonds. The highest BCUT2D eigenvalue weighted by molar-refractivity contribution is 7.10. The van der Waals surface area contributed by atoms with Gasteiger partial charge in [-0.15, -0.1) is 16.4 Å². The lowest BCUT2D eigenvalue weighted by atomic mass is 9.23. The van der Waals surface area contributed by atoms with Crippen molar-refractivity contribution < 1.29 is 8.88 Å². The zero-order chi connectivity index (χ0) is 31.9. The number of hydrogen-bond donors (Lipinski definition) is 0. The highest BCUT2D eigenvalue weighted by Gasteiger charge is 2.48. The van der Waals surface area contributed by atoms with Crippen molar-refractivity contribution in [2.45, 2.75) is 0 Å². The first kappa shape index (κ1) is 28.1. The minimum Gasteiger partial charge on any atom is -0.408 e. The summed E-state index contributed by atoms with van der Waals surface area (Å²) in [5.74, 6) is 0. The van der Waals surface area contributed by atoms with Gasteiger partial charge in [-0.1, -0.05) is 168 Å². The molecule has 0 aliphatic carbocycles. The van der Waals surface area contributed by atoms with Crippen LogP contribution in [0.2, 0.25) is 0 Å². The zero-order valence-corrected chi connectivity index (χ0v) is 26.5. The molecule has 0 bridgehead atoms. The summed E-state index contributed by atoms with van der Waals surface area (Å²) in [5, 5.41) is 0. The smallest absolute Gasteiger partial charge is 0.361 e. The SMILES string of the molecule is C1=C(c2ccccc2)[B-](c2ccccc2)(c2ccccc2)[n+]2cc(-c3cccc(-c4ccc5cc(-c6ccccc6)[cH-][n+]5c4)c3)ccc21. The van der Waals surface area contributed by atoms with E-state index in [4.69, 9.17) is 0 Å². The third-order valence-electron chi connectivity index (χ3n) is 10.1. The van der Waals surface area contributed by atoms with E-state index in [1.54, 1.807) is 0 Å². The van der Waals surface area contributed by atoms with Crippen molar-refractivity contribution in [2.24, 2.45) is 0 Å². The Morgan fingerprint density at radius 1 is 0.417 bits per heavy atom. The molecule has 1 aliphatic rings. The van der Waals surface area contributed by atoms with Crippen LogP contribution in [0.4, 0.5) is 0 Å². The average Bonchev–Trinajstić information content (AvgIpc) is 3.76. The lowest BCUT2D eigenvalue weighted by Crippen LogP contribution is -2.78. The summed E-state index contributed by atoms with van der Waals surface area (Å²) in [7, 11) is 0. The van der Waals surface area contributed by atoms with E-state index in [2.05, 4.69) is 209 Å². The Hall–Kier alpha value is -6.19. The molecule has 0 fully saturated rings. The maximum Gasteiger partial charge on any atom is 0.361 e. The van der Waals surface area contributed by atoms with Gasteiger partial charge in [-0.3, -0.25) is 4.40 Å². The van der Waals surface area contributed by atoms with Crippen LogP contribution < -0.4 is 19.8 Å². The van der Waals surface area contributed by atoms with Crippen LogP contribution >= 0.6 is 0 Å². The number of fused-ring (bicyclic) bond motifs is 2. The largest absolute Gasteiger partial charge is 0.408 e. The van der Waals surface area contributed by atoms with Crippen LogP contribution in [0.1, 0.15) is 11.3 Å². The zero-order valence-electron chi connectivity index (χ0n) is 26.5. The van der Waals surface area contributed by atoms with E-state index >= 15 is 0 Å². The van der Waals surface area contributed by atoms with E-state index in [1.165, 1.54) is 66.6 Å². The van der Waals surface area contributed by atoms with Crippen LogP contribution in [0.3, 0.4) is 0 Å². The van der Waals surface area contributed by atoms with Crippen molar-refractivity contribution in [1.29, 1.82) is 0 Å². The van der Waals surface area contributed by atoms with Gasteiger partial charge < -0.3 is 4.48 Å². The summed E-state index contributed by atoms with van der Waals surface area (Å²) in [5.41, 5.74) is 14.8. The van der Waals surface area contributed by atoms with Gasteiger partial charge in [0.15, 0.2) is 0 Å². The van der Waals surface area contributed by atoms with Gasteiger partial charge in [0.1, 0.15) is 29.8 Å². The molecule has 0 spiro atoms. The van der Waals surface area contributed by atoms with Crippen molar-refractivity contribution in [3.05, 3.63) is 206 Å². The normalized spacial score (nSPS) is 13.3. The Morgan fingerprint density at radius 3 is 1.60 bits per heavy atom. The molecular formula is C45H33BN2. The topological polar surface area (TPSA) is 7.98 Å². The van der Waals surface area contributed by atoms with Crippen LogP contribution in [-0.4, -0.2) is 6.28 Å². The third kappa shape index (κ3) is 4.63. The third-order valence-corrected chi connectivity index (χ3v) is 10.1. The maximum absolute atomic E-state index is 2.55. The van der Waals surface area contributed by atoms with Crippen LogP contribution in [0.25, 0.3) is 50.4 Å². The Labute approximate surface area is 281 Å². The van der Waals surface area contributed by atoms with Gasteiger partial charge in [-0.25, -0.2) is 0 Å². The van der Waals surface area contributed by atoms with E-state index in [0.29, 0.717) is 0 Å². The number of pyridine rings is 2. The standard InChI is InChI=1S/C45H33BN2/c1-5-14-34(15-6-1)40-29-43-26-24-38(31-47(43)32-40)36-18-13-19-37(28-36)39-25-27-44-30-45(35-16-7-2-8-17-35)46(48(44)33-39,41-20-9-3-10-21-41)42-22-11-4-12-23-42/h1-33H. The van der Waals surface area contributed by atoms with Crippen LogP contribution in [-0.2, 0) is 0 Å². The first-order valence-corrected chi connectivity index (χ1v) is 16.7. The maximum atomic E-state index is 2.55. The predicted octanol–water partition coefficient (Wildman–Crippen LogP) is 8.13. The molecule has 226 valence electrons. The monoisotopic (exact) mass is 612 g/mol. The van der Waals surface area contributed by atoms with E-state index in [1.807, 2.05) is 0 Å². The van der Waals surface area contributed by atoms with Crippen molar-refractivity contribution in [3.8, 4) is 33.4 Å². The quantitative estimate of drug-likeness (QED) is 0.102. The Morgan fingerprint density at radius 2 is 0.958 bits per heavy atom. The molecule has 5 aromatic carbocycles. The molecule has 0 saturated heterocycles. The van der Waals surface area contributed by atoms with Crippen molar-refractivity contribution >= 4 is 34.3 Å². The summed E-state index contributed by atoms with van der Waals surface area (Å²) >= 11 is 0. The lowest BCUT2D eigenvalue weighted by Gasteiger charge is -2.36. The molecule has 9 rings (SSSR count). The predicted molar refractivity (Wildman–Crippen MR) is 199 cm³/mol. The second-order valence-electron chi connectivity index (χ2n) is 12.8. The molecule has 0 saturated carbocycles. The first-order chi connectivity index (χ1) is 23.8. The highest BCUT2D eigenvalue weighted by Crippen LogP contribution is 2.33. The van der Waals surface area contributed by atoms with Crippen LogP contribution in [0.5, 0.6) is 0 Å². The molecule has 0 radical (unpaired) electrons. The fourth-order valence-corrected chi connectivity index (χ4v) is 7.83. The minimum absolute atomic E-state index is 1.19. The Bertz CT molecular complexity index is 2390. The number of aromatic nitrogens is 2. The number of rotatable bonds is 6. The fourth-order valence-electron chi connectivity index (χ4n) is 7.83. The van der Waals surface area contributed by atoms with Gasteiger partial charge in [0.25, 0.3) is 0 Å². The molecule has 0 N–H and O–H groups in total. The van der Waals surface area contributed by atoms with Gasteiger partial charge in [0.2, 0.25) is 0 Å². The molecule has 0 atom stereocenters. The summed E-state index contributed by atoms with van der Waals surface area (Å²) in [6.07, 6.45) is 7.73. The van der Waals surface area contributed by atoms with Crippen molar-refractivity contribution in [3.63, 3.8) is 0 Å². The van der Waals surface area contributed by atoms with Gasteiger partial charge >= 0.3 is 6.28 Å². The van der Waals surface area contributed by atoms with E-state index in [9.17, 15) is 0 Å².